The first-order valence-electron chi connectivity index (χ1n) is 5.70. The van der Waals surface area contributed by atoms with E-state index in [1.165, 1.54) is 6.07 Å². The number of benzene rings is 1. The summed E-state index contributed by atoms with van der Waals surface area (Å²) in [5, 5.41) is 2.87. The van der Waals surface area contributed by atoms with Crippen molar-refractivity contribution in [2.24, 2.45) is 0 Å². The molecule has 1 aliphatic rings. The number of nitrogens with one attached hydrogen (secondary N) is 1. The summed E-state index contributed by atoms with van der Waals surface area (Å²) in [6.07, 6.45) is -4.27. The third-order valence-corrected chi connectivity index (χ3v) is 2.50. The maximum atomic E-state index is 12.6. The lowest BCUT2D eigenvalue weighted by Gasteiger charge is -2.14. The predicted molar refractivity (Wildman–Crippen MR) is 60.8 cm³/mol. The molecule has 0 aromatic heterocycles. The summed E-state index contributed by atoms with van der Waals surface area (Å²) in [5.74, 6) is 0.417. The van der Waals surface area contributed by atoms with E-state index in [2.05, 4.69) is 5.32 Å². The summed E-state index contributed by atoms with van der Waals surface area (Å²) in [6.45, 7) is 3.35. The Kier molecular flexibility index (Phi) is 3.65. The Morgan fingerprint density at radius 3 is 2.72 bits per heavy atom. The zero-order chi connectivity index (χ0) is 13.2. The van der Waals surface area contributed by atoms with Gasteiger partial charge in [0.1, 0.15) is 18.5 Å². The lowest BCUT2D eigenvalue weighted by molar-refractivity contribution is -0.137. The molecule has 0 radical (unpaired) electrons. The van der Waals surface area contributed by atoms with E-state index < -0.39 is 11.7 Å². The van der Waals surface area contributed by atoms with E-state index >= 15 is 0 Å². The van der Waals surface area contributed by atoms with Crippen LogP contribution in [0.4, 0.5) is 18.9 Å². The first-order chi connectivity index (χ1) is 8.50. The van der Waals surface area contributed by atoms with Gasteiger partial charge >= 0.3 is 6.18 Å². The van der Waals surface area contributed by atoms with Crippen LogP contribution in [0.2, 0.25) is 0 Å². The molecular formula is C12H14F3NO2. The standard InChI is InChI=1S/C12H14F3NO2/c1-2-16-10-5-8(12(13,14)15)3-4-11(10)18-7-9-6-17-9/h3-5,9,16H,2,6-7H2,1H3/t9-/m0/s1. The van der Waals surface area contributed by atoms with Crippen molar-refractivity contribution in [1.29, 1.82) is 0 Å². The molecule has 18 heavy (non-hydrogen) atoms. The first-order valence-corrected chi connectivity index (χ1v) is 5.70. The van der Waals surface area contributed by atoms with Gasteiger partial charge in [0.25, 0.3) is 0 Å². The summed E-state index contributed by atoms with van der Waals surface area (Å²) >= 11 is 0. The Bertz CT molecular complexity index is 416. The molecule has 0 saturated carbocycles. The molecule has 3 nitrogen and oxygen atoms in total. The number of rotatable bonds is 5. The molecule has 6 heteroatoms. The van der Waals surface area contributed by atoms with Crippen LogP contribution in [0.15, 0.2) is 18.2 Å². The molecule has 1 heterocycles. The zero-order valence-electron chi connectivity index (χ0n) is 9.88. The van der Waals surface area contributed by atoms with Gasteiger partial charge in [-0.25, -0.2) is 0 Å². The molecule has 100 valence electrons. The minimum atomic E-state index is -4.34. The Labute approximate surface area is 103 Å². The van der Waals surface area contributed by atoms with E-state index in [-0.39, 0.29) is 6.10 Å². The molecule has 1 aliphatic heterocycles. The van der Waals surface area contributed by atoms with Crippen molar-refractivity contribution in [3.63, 3.8) is 0 Å². The second-order valence-electron chi connectivity index (χ2n) is 4.01. The van der Waals surface area contributed by atoms with Crippen LogP contribution >= 0.6 is 0 Å². The molecule has 0 unspecified atom stereocenters. The Balaban J connectivity index is 2.16. The van der Waals surface area contributed by atoms with Gasteiger partial charge in [0.2, 0.25) is 0 Å². The quantitative estimate of drug-likeness (QED) is 0.827. The summed E-state index contributed by atoms with van der Waals surface area (Å²) in [4.78, 5) is 0. The molecule has 1 atom stereocenters. The van der Waals surface area contributed by atoms with E-state index in [1.807, 2.05) is 6.92 Å². The van der Waals surface area contributed by atoms with Crippen molar-refractivity contribution in [1.82, 2.24) is 0 Å². The molecule has 1 aromatic carbocycles. The van der Waals surface area contributed by atoms with Crippen LogP contribution in [0.3, 0.4) is 0 Å². The highest BCUT2D eigenvalue weighted by molar-refractivity contribution is 5.58. The zero-order valence-corrected chi connectivity index (χ0v) is 9.88. The van der Waals surface area contributed by atoms with Crippen LogP contribution in [-0.4, -0.2) is 25.9 Å². The van der Waals surface area contributed by atoms with E-state index in [1.54, 1.807) is 0 Å². The number of alkyl halides is 3. The van der Waals surface area contributed by atoms with E-state index in [0.29, 0.717) is 31.2 Å². The molecule has 1 N–H and O–H groups in total. The van der Waals surface area contributed by atoms with Gasteiger partial charge in [-0.05, 0) is 25.1 Å². The van der Waals surface area contributed by atoms with Crippen molar-refractivity contribution < 1.29 is 22.6 Å². The van der Waals surface area contributed by atoms with Crippen LogP contribution in [0.25, 0.3) is 0 Å². The molecule has 0 aliphatic carbocycles. The van der Waals surface area contributed by atoms with Gasteiger partial charge in [-0.3, -0.25) is 0 Å². The highest BCUT2D eigenvalue weighted by Gasteiger charge is 2.31. The van der Waals surface area contributed by atoms with Gasteiger partial charge in [-0.2, -0.15) is 13.2 Å². The minimum absolute atomic E-state index is 0.0711. The van der Waals surface area contributed by atoms with Gasteiger partial charge in [0, 0.05) is 6.54 Å². The van der Waals surface area contributed by atoms with Crippen molar-refractivity contribution in [2.75, 3.05) is 25.1 Å². The highest BCUT2D eigenvalue weighted by Crippen LogP contribution is 2.35. The smallest absolute Gasteiger partial charge is 0.416 e. The van der Waals surface area contributed by atoms with E-state index in [4.69, 9.17) is 9.47 Å². The van der Waals surface area contributed by atoms with Crippen molar-refractivity contribution in [3.05, 3.63) is 23.8 Å². The summed E-state index contributed by atoms with van der Waals surface area (Å²) in [5.41, 5.74) is -0.332. The summed E-state index contributed by atoms with van der Waals surface area (Å²) < 4.78 is 48.1. The second-order valence-corrected chi connectivity index (χ2v) is 4.01. The van der Waals surface area contributed by atoms with Gasteiger partial charge in [-0.15, -0.1) is 0 Å². The molecular weight excluding hydrogens is 247 g/mol. The number of ether oxygens (including phenoxy) is 2. The van der Waals surface area contributed by atoms with Crippen LogP contribution in [0, 0.1) is 0 Å². The number of hydrogen-bond acceptors (Lipinski definition) is 3. The Morgan fingerprint density at radius 1 is 1.44 bits per heavy atom. The molecule has 1 aromatic rings. The molecule has 1 fully saturated rings. The lowest BCUT2D eigenvalue weighted by atomic mass is 10.1. The summed E-state index contributed by atoms with van der Waals surface area (Å²) in [6, 6.07) is 3.42. The van der Waals surface area contributed by atoms with Crippen molar-refractivity contribution in [2.45, 2.75) is 19.2 Å². The first kappa shape index (κ1) is 13.0. The normalized spacial score (nSPS) is 18.6. The monoisotopic (exact) mass is 261 g/mol. The fraction of sp³-hybridized carbons (Fsp3) is 0.500. The molecule has 2 rings (SSSR count). The molecule has 0 bridgehead atoms. The lowest BCUT2D eigenvalue weighted by Crippen LogP contribution is -2.10. The van der Waals surface area contributed by atoms with Gasteiger partial charge in [-0.1, -0.05) is 0 Å². The number of halogens is 3. The molecule has 1 saturated heterocycles. The average Bonchev–Trinajstić information content (AvgIpc) is 3.10. The van der Waals surface area contributed by atoms with Gasteiger partial charge in [0.15, 0.2) is 0 Å². The predicted octanol–water partition coefficient (Wildman–Crippen LogP) is 2.91. The van der Waals surface area contributed by atoms with Crippen molar-refractivity contribution in [3.8, 4) is 5.75 Å². The van der Waals surface area contributed by atoms with Crippen molar-refractivity contribution >= 4 is 5.69 Å². The third kappa shape index (κ3) is 3.29. The number of epoxide rings is 1. The summed E-state index contributed by atoms with van der Waals surface area (Å²) in [7, 11) is 0. The fourth-order valence-electron chi connectivity index (χ4n) is 1.51. The highest BCUT2D eigenvalue weighted by atomic mass is 19.4. The number of hydrogen-bond donors (Lipinski definition) is 1. The van der Waals surface area contributed by atoms with E-state index in [0.717, 1.165) is 12.1 Å². The maximum absolute atomic E-state index is 12.6. The van der Waals surface area contributed by atoms with E-state index in [9.17, 15) is 13.2 Å². The number of anilines is 1. The minimum Gasteiger partial charge on any atom is -0.489 e. The Hall–Kier alpha value is -1.43. The topological polar surface area (TPSA) is 33.8 Å². The van der Waals surface area contributed by atoms with Crippen LogP contribution in [0.1, 0.15) is 12.5 Å². The SMILES string of the molecule is CCNc1cc(C(F)(F)F)ccc1OC[C@@H]1CO1. The van der Waals surface area contributed by atoms with Gasteiger partial charge < -0.3 is 14.8 Å². The van der Waals surface area contributed by atoms with Crippen LogP contribution < -0.4 is 10.1 Å². The fourth-order valence-corrected chi connectivity index (χ4v) is 1.51. The molecule has 0 amide bonds. The third-order valence-electron chi connectivity index (χ3n) is 2.50. The molecule has 0 spiro atoms. The second kappa shape index (κ2) is 5.06. The Morgan fingerprint density at radius 2 is 2.17 bits per heavy atom. The maximum Gasteiger partial charge on any atom is 0.416 e. The van der Waals surface area contributed by atoms with Gasteiger partial charge in [0.05, 0.1) is 17.9 Å². The van der Waals surface area contributed by atoms with Crippen LogP contribution in [0.5, 0.6) is 5.75 Å². The van der Waals surface area contributed by atoms with Crippen LogP contribution in [-0.2, 0) is 10.9 Å². The largest absolute Gasteiger partial charge is 0.489 e. The average molecular weight is 261 g/mol.